The number of amides is 1. The first-order valence-corrected chi connectivity index (χ1v) is 8.43. The van der Waals surface area contributed by atoms with Gasteiger partial charge >= 0.3 is 6.18 Å². The molecule has 0 saturated carbocycles. The minimum absolute atomic E-state index is 0.00840. The van der Waals surface area contributed by atoms with Gasteiger partial charge in [0.25, 0.3) is 5.91 Å². The van der Waals surface area contributed by atoms with Crippen LogP contribution < -0.4 is 10.1 Å². The topological polar surface area (TPSA) is 64.1 Å². The molecule has 10 heteroatoms. The number of benzene rings is 1. The Balaban J connectivity index is 1.86. The van der Waals surface area contributed by atoms with Crippen LogP contribution in [0.5, 0.6) is 11.6 Å². The van der Waals surface area contributed by atoms with Crippen molar-refractivity contribution in [1.82, 2.24) is 9.97 Å². The minimum Gasteiger partial charge on any atom is -0.438 e. The van der Waals surface area contributed by atoms with Gasteiger partial charge in [-0.05, 0) is 42.5 Å². The van der Waals surface area contributed by atoms with E-state index in [2.05, 4.69) is 15.3 Å². The number of pyridine rings is 2. The fraction of sp³-hybridized carbons (Fsp3) is 0.0556. The predicted octanol–water partition coefficient (Wildman–Crippen LogP) is 5.85. The molecule has 0 spiro atoms. The SMILES string of the molecule is O=C(Nc1ccc(Cl)nc1Cl)c1cccnc1Oc1cccc(C(F)(F)F)c1. The lowest BCUT2D eigenvalue weighted by molar-refractivity contribution is -0.137. The van der Waals surface area contributed by atoms with Gasteiger partial charge in [0.2, 0.25) is 5.88 Å². The first kappa shape index (κ1) is 19.9. The molecule has 0 bridgehead atoms. The van der Waals surface area contributed by atoms with Gasteiger partial charge in [-0.25, -0.2) is 9.97 Å². The lowest BCUT2D eigenvalue weighted by Crippen LogP contribution is -2.14. The van der Waals surface area contributed by atoms with E-state index < -0.39 is 17.6 Å². The Kier molecular flexibility index (Phi) is 5.71. The van der Waals surface area contributed by atoms with Crippen LogP contribution in [0.15, 0.2) is 54.7 Å². The molecule has 3 rings (SSSR count). The van der Waals surface area contributed by atoms with E-state index >= 15 is 0 Å². The maximum atomic E-state index is 12.9. The summed E-state index contributed by atoms with van der Waals surface area (Å²) in [5.41, 5.74) is -0.693. The van der Waals surface area contributed by atoms with Crippen molar-refractivity contribution in [3.05, 3.63) is 76.2 Å². The number of nitrogens with one attached hydrogen (secondary N) is 1. The van der Waals surface area contributed by atoms with Crippen molar-refractivity contribution < 1.29 is 22.7 Å². The molecular formula is C18H10Cl2F3N3O2. The molecule has 0 fully saturated rings. The molecule has 5 nitrogen and oxygen atoms in total. The fourth-order valence-corrected chi connectivity index (χ4v) is 2.58. The van der Waals surface area contributed by atoms with Crippen LogP contribution in [0.1, 0.15) is 15.9 Å². The normalized spacial score (nSPS) is 11.2. The van der Waals surface area contributed by atoms with Crippen LogP contribution in [-0.2, 0) is 6.18 Å². The highest BCUT2D eigenvalue weighted by Crippen LogP contribution is 2.33. The molecule has 0 aliphatic rings. The number of nitrogens with zero attached hydrogens (tertiary/aromatic N) is 2. The molecule has 1 amide bonds. The molecule has 0 aliphatic carbocycles. The summed E-state index contributed by atoms with van der Waals surface area (Å²) in [6.07, 6.45) is -3.18. The number of anilines is 1. The Morgan fingerprint density at radius 1 is 1.07 bits per heavy atom. The van der Waals surface area contributed by atoms with Crippen molar-refractivity contribution >= 4 is 34.8 Å². The summed E-state index contributed by atoms with van der Waals surface area (Å²) in [7, 11) is 0. The summed E-state index contributed by atoms with van der Waals surface area (Å²) in [6.45, 7) is 0. The van der Waals surface area contributed by atoms with Gasteiger partial charge in [-0.1, -0.05) is 29.3 Å². The molecule has 2 heterocycles. The standard InChI is InChI=1S/C18H10Cl2F3N3O2/c19-14-7-6-13(15(20)26-14)25-16(27)12-5-2-8-24-17(12)28-11-4-1-3-10(9-11)18(21,22)23/h1-9H,(H,25,27). The highest BCUT2D eigenvalue weighted by molar-refractivity contribution is 6.34. The van der Waals surface area contributed by atoms with Gasteiger partial charge in [0.1, 0.15) is 16.5 Å². The third-order valence-corrected chi connectivity index (χ3v) is 3.95. The van der Waals surface area contributed by atoms with Crippen LogP contribution in [0.3, 0.4) is 0 Å². The summed E-state index contributed by atoms with van der Waals surface area (Å²) in [4.78, 5) is 20.3. The molecule has 0 radical (unpaired) electrons. The van der Waals surface area contributed by atoms with E-state index in [9.17, 15) is 18.0 Å². The number of ether oxygens (including phenoxy) is 1. The third-order valence-electron chi connectivity index (χ3n) is 3.45. The van der Waals surface area contributed by atoms with Gasteiger partial charge in [-0.15, -0.1) is 0 Å². The van der Waals surface area contributed by atoms with Gasteiger partial charge in [0.05, 0.1) is 11.3 Å². The second-order valence-corrected chi connectivity index (χ2v) is 6.16. The van der Waals surface area contributed by atoms with Crippen LogP contribution in [0.2, 0.25) is 10.3 Å². The van der Waals surface area contributed by atoms with E-state index in [1.54, 1.807) is 0 Å². The summed E-state index contributed by atoms with van der Waals surface area (Å²) in [5, 5.41) is 2.65. The first-order chi connectivity index (χ1) is 13.2. The third kappa shape index (κ3) is 4.71. The predicted molar refractivity (Wildman–Crippen MR) is 98.0 cm³/mol. The smallest absolute Gasteiger partial charge is 0.416 e. The maximum absolute atomic E-state index is 12.9. The Hall–Kier alpha value is -2.84. The summed E-state index contributed by atoms with van der Waals surface area (Å²) >= 11 is 11.6. The molecule has 3 aromatic rings. The molecule has 1 aromatic carbocycles. The summed E-state index contributed by atoms with van der Waals surface area (Å²) in [5.74, 6) is -0.924. The number of carbonyl (C=O) groups is 1. The van der Waals surface area contributed by atoms with Gasteiger partial charge in [0, 0.05) is 6.20 Å². The van der Waals surface area contributed by atoms with E-state index in [1.165, 1.54) is 42.6 Å². The molecular weight excluding hydrogens is 418 g/mol. The Morgan fingerprint density at radius 3 is 2.57 bits per heavy atom. The molecule has 0 atom stereocenters. The average Bonchev–Trinajstić information content (AvgIpc) is 2.64. The molecule has 2 aromatic heterocycles. The molecule has 144 valence electrons. The van der Waals surface area contributed by atoms with Gasteiger partial charge in [-0.2, -0.15) is 13.2 Å². The lowest BCUT2D eigenvalue weighted by Gasteiger charge is -2.12. The monoisotopic (exact) mass is 427 g/mol. The van der Waals surface area contributed by atoms with E-state index in [4.69, 9.17) is 27.9 Å². The van der Waals surface area contributed by atoms with Crippen molar-refractivity contribution in [2.45, 2.75) is 6.18 Å². The zero-order valence-electron chi connectivity index (χ0n) is 13.8. The molecule has 28 heavy (non-hydrogen) atoms. The molecule has 0 unspecified atom stereocenters. The Bertz CT molecular complexity index is 1030. The summed E-state index contributed by atoms with van der Waals surface area (Å²) in [6, 6.07) is 10.0. The number of aromatic nitrogens is 2. The van der Waals surface area contributed by atoms with E-state index in [1.807, 2.05) is 0 Å². The highest BCUT2D eigenvalue weighted by atomic mass is 35.5. The maximum Gasteiger partial charge on any atom is 0.416 e. The first-order valence-electron chi connectivity index (χ1n) is 7.67. The van der Waals surface area contributed by atoms with Crippen molar-refractivity contribution in [3.8, 4) is 11.6 Å². The van der Waals surface area contributed by atoms with Crippen LogP contribution in [0.25, 0.3) is 0 Å². The van der Waals surface area contributed by atoms with Crippen molar-refractivity contribution in [3.63, 3.8) is 0 Å². The number of carbonyl (C=O) groups excluding carboxylic acids is 1. The minimum atomic E-state index is -4.53. The quantitative estimate of drug-likeness (QED) is 0.530. The van der Waals surface area contributed by atoms with Crippen LogP contribution in [0, 0.1) is 0 Å². The van der Waals surface area contributed by atoms with Gasteiger partial charge in [0.15, 0.2) is 5.15 Å². The summed E-state index contributed by atoms with van der Waals surface area (Å²) < 4.78 is 44.0. The Labute approximate surface area is 167 Å². The molecule has 1 N–H and O–H groups in total. The zero-order chi connectivity index (χ0) is 20.3. The fourth-order valence-electron chi connectivity index (χ4n) is 2.19. The van der Waals surface area contributed by atoms with Crippen LogP contribution in [0.4, 0.5) is 18.9 Å². The number of hydrogen-bond acceptors (Lipinski definition) is 4. The van der Waals surface area contributed by atoms with Gasteiger partial charge in [-0.3, -0.25) is 4.79 Å². The number of alkyl halides is 3. The van der Waals surface area contributed by atoms with Crippen LogP contribution in [-0.4, -0.2) is 15.9 Å². The highest BCUT2D eigenvalue weighted by Gasteiger charge is 2.30. The molecule has 0 aliphatic heterocycles. The second kappa shape index (κ2) is 8.04. The number of rotatable bonds is 4. The van der Waals surface area contributed by atoms with Crippen molar-refractivity contribution in [1.29, 1.82) is 0 Å². The zero-order valence-corrected chi connectivity index (χ0v) is 15.3. The van der Waals surface area contributed by atoms with Gasteiger partial charge < -0.3 is 10.1 Å². The van der Waals surface area contributed by atoms with E-state index in [-0.39, 0.29) is 33.2 Å². The van der Waals surface area contributed by atoms with Crippen molar-refractivity contribution in [2.24, 2.45) is 0 Å². The molecule has 0 saturated heterocycles. The van der Waals surface area contributed by atoms with Crippen molar-refractivity contribution in [2.75, 3.05) is 5.32 Å². The van der Waals surface area contributed by atoms with Crippen LogP contribution >= 0.6 is 23.2 Å². The number of halogens is 5. The lowest BCUT2D eigenvalue weighted by atomic mass is 10.2. The largest absolute Gasteiger partial charge is 0.438 e. The van der Waals surface area contributed by atoms with E-state index in [0.29, 0.717) is 0 Å². The second-order valence-electron chi connectivity index (χ2n) is 5.41. The Morgan fingerprint density at radius 2 is 1.86 bits per heavy atom. The van der Waals surface area contributed by atoms with E-state index in [0.717, 1.165) is 12.1 Å². The average molecular weight is 428 g/mol. The number of hydrogen-bond donors (Lipinski definition) is 1.